The van der Waals surface area contributed by atoms with E-state index in [1.165, 1.54) is 0 Å². The Balaban J connectivity index is 1.70. The van der Waals surface area contributed by atoms with E-state index in [4.69, 9.17) is 4.74 Å². The molecule has 6 heteroatoms. The number of rotatable bonds is 6. The van der Waals surface area contributed by atoms with Crippen LogP contribution in [0.25, 0.3) is 0 Å². The van der Waals surface area contributed by atoms with Crippen molar-refractivity contribution in [3.05, 3.63) is 45.9 Å². The number of benzene rings is 1. The number of aromatic nitrogens is 1. The predicted octanol–water partition coefficient (Wildman–Crippen LogP) is 3.49. The Labute approximate surface area is 147 Å². The highest BCUT2D eigenvalue weighted by Gasteiger charge is 2.17. The molecule has 5 nitrogen and oxygen atoms in total. The number of thiazole rings is 1. The van der Waals surface area contributed by atoms with Gasteiger partial charge in [-0.1, -0.05) is 32.9 Å². The van der Waals surface area contributed by atoms with Gasteiger partial charge in [0.25, 0.3) is 0 Å². The molecule has 0 atom stereocenters. The van der Waals surface area contributed by atoms with Crippen molar-refractivity contribution >= 4 is 17.4 Å². The SMILES string of the molecule is COc1ccc(CCNC(=O)NCc2nc(C(C)(C)C)cs2)cc1. The lowest BCUT2D eigenvalue weighted by molar-refractivity contribution is 0.240. The van der Waals surface area contributed by atoms with Gasteiger partial charge in [-0.25, -0.2) is 9.78 Å². The highest BCUT2D eigenvalue weighted by molar-refractivity contribution is 7.09. The number of nitrogens with one attached hydrogen (secondary N) is 2. The first kappa shape index (κ1) is 18.3. The van der Waals surface area contributed by atoms with E-state index in [1.54, 1.807) is 18.4 Å². The van der Waals surface area contributed by atoms with Crippen molar-refractivity contribution in [2.45, 2.75) is 39.2 Å². The molecule has 0 aliphatic heterocycles. The van der Waals surface area contributed by atoms with Crippen molar-refractivity contribution in [3.8, 4) is 5.75 Å². The van der Waals surface area contributed by atoms with Crippen molar-refractivity contribution in [2.24, 2.45) is 0 Å². The van der Waals surface area contributed by atoms with Gasteiger partial charge in [0, 0.05) is 17.3 Å². The van der Waals surface area contributed by atoms with Crippen molar-refractivity contribution in [1.29, 1.82) is 0 Å². The van der Waals surface area contributed by atoms with Gasteiger partial charge in [-0.15, -0.1) is 11.3 Å². The summed E-state index contributed by atoms with van der Waals surface area (Å²) in [6.45, 7) is 7.43. The summed E-state index contributed by atoms with van der Waals surface area (Å²) in [5, 5.41) is 8.68. The number of carbonyl (C=O) groups is 1. The first-order chi connectivity index (χ1) is 11.4. The monoisotopic (exact) mass is 347 g/mol. The summed E-state index contributed by atoms with van der Waals surface area (Å²) >= 11 is 1.58. The van der Waals surface area contributed by atoms with Crippen LogP contribution < -0.4 is 15.4 Å². The fraction of sp³-hybridized carbons (Fsp3) is 0.444. The van der Waals surface area contributed by atoms with Crippen LogP contribution in [0.2, 0.25) is 0 Å². The second-order valence-electron chi connectivity index (χ2n) is 6.58. The van der Waals surface area contributed by atoms with E-state index in [0.29, 0.717) is 13.1 Å². The van der Waals surface area contributed by atoms with Gasteiger partial charge in [0.2, 0.25) is 0 Å². The topological polar surface area (TPSA) is 63.2 Å². The lowest BCUT2D eigenvalue weighted by Crippen LogP contribution is -2.36. The van der Waals surface area contributed by atoms with Crippen molar-refractivity contribution < 1.29 is 9.53 Å². The van der Waals surface area contributed by atoms with E-state index < -0.39 is 0 Å². The maximum Gasteiger partial charge on any atom is 0.315 e. The van der Waals surface area contributed by atoms with Gasteiger partial charge in [-0.05, 0) is 24.1 Å². The molecule has 0 bridgehead atoms. The molecule has 1 heterocycles. The summed E-state index contributed by atoms with van der Waals surface area (Å²) in [4.78, 5) is 16.4. The van der Waals surface area contributed by atoms with Crippen molar-refractivity contribution in [2.75, 3.05) is 13.7 Å². The molecule has 0 radical (unpaired) electrons. The van der Waals surface area contributed by atoms with Crippen LogP contribution in [-0.4, -0.2) is 24.7 Å². The zero-order chi connectivity index (χ0) is 17.6. The largest absolute Gasteiger partial charge is 0.497 e. The highest BCUT2D eigenvalue weighted by atomic mass is 32.1. The van der Waals surface area contributed by atoms with E-state index in [9.17, 15) is 4.79 Å². The zero-order valence-electron chi connectivity index (χ0n) is 14.7. The Bertz CT molecular complexity index is 660. The number of hydrogen-bond donors (Lipinski definition) is 2. The molecule has 0 saturated carbocycles. The molecule has 0 unspecified atom stereocenters. The van der Waals surface area contributed by atoms with E-state index in [1.807, 2.05) is 24.3 Å². The number of nitrogens with zero attached hydrogens (tertiary/aromatic N) is 1. The minimum Gasteiger partial charge on any atom is -0.497 e. The number of urea groups is 1. The summed E-state index contributed by atoms with van der Waals surface area (Å²) in [7, 11) is 1.65. The Kier molecular flexibility index (Phi) is 6.20. The van der Waals surface area contributed by atoms with Gasteiger partial charge in [-0.2, -0.15) is 0 Å². The number of amides is 2. The average molecular weight is 347 g/mol. The summed E-state index contributed by atoms with van der Waals surface area (Å²) in [6.07, 6.45) is 0.781. The summed E-state index contributed by atoms with van der Waals surface area (Å²) in [5.74, 6) is 0.836. The average Bonchev–Trinajstić information content (AvgIpc) is 3.03. The lowest BCUT2D eigenvalue weighted by Gasteiger charge is -2.14. The molecule has 1 aromatic heterocycles. The smallest absolute Gasteiger partial charge is 0.315 e. The van der Waals surface area contributed by atoms with Gasteiger partial charge >= 0.3 is 6.03 Å². The Morgan fingerprint density at radius 1 is 1.21 bits per heavy atom. The van der Waals surface area contributed by atoms with Crippen molar-refractivity contribution in [3.63, 3.8) is 0 Å². The van der Waals surface area contributed by atoms with Crippen LogP contribution >= 0.6 is 11.3 Å². The maximum absolute atomic E-state index is 11.8. The molecule has 130 valence electrons. The summed E-state index contributed by atoms with van der Waals surface area (Å²) < 4.78 is 5.12. The Morgan fingerprint density at radius 3 is 2.50 bits per heavy atom. The van der Waals surface area contributed by atoms with Crippen LogP contribution in [0.5, 0.6) is 5.75 Å². The number of ether oxygens (including phenoxy) is 1. The normalized spacial score (nSPS) is 11.2. The first-order valence-electron chi connectivity index (χ1n) is 7.98. The van der Waals surface area contributed by atoms with E-state index in [2.05, 4.69) is 41.8 Å². The predicted molar refractivity (Wildman–Crippen MR) is 97.8 cm³/mol. The third-order valence-electron chi connectivity index (χ3n) is 3.58. The minimum absolute atomic E-state index is 0.0371. The fourth-order valence-electron chi connectivity index (χ4n) is 2.07. The second kappa shape index (κ2) is 8.15. The van der Waals surface area contributed by atoms with Gasteiger partial charge in [-0.3, -0.25) is 0 Å². The number of methoxy groups -OCH3 is 1. The zero-order valence-corrected chi connectivity index (χ0v) is 15.5. The van der Waals surface area contributed by atoms with Crippen molar-refractivity contribution in [1.82, 2.24) is 15.6 Å². The molecule has 2 N–H and O–H groups in total. The molecule has 0 fully saturated rings. The fourth-order valence-corrected chi connectivity index (χ4v) is 3.03. The molecule has 1 aromatic carbocycles. The molecular weight excluding hydrogens is 322 g/mol. The van der Waals surface area contributed by atoms with Crippen LogP contribution in [0, 0.1) is 0 Å². The third kappa shape index (κ3) is 5.53. The van der Waals surface area contributed by atoms with E-state index in [0.717, 1.165) is 28.4 Å². The summed E-state index contributed by atoms with van der Waals surface area (Å²) in [6, 6.07) is 7.68. The van der Waals surface area contributed by atoms with Crippen LogP contribution in [0.1, 0.15) is 37.0 Å². The molecule has 0 aliphatic carbocycles. The van der Waals surface area contributed by atoms with Crippen LogP contribution in [0.4, 0.5) is 4.79 Å². The van der Waals surface area contributed by atoms with Gasteiger partial charge in [0.05, 0.1) is 19.3 Å². The first-order valence-corrected chi connectivity index (χ1v) is 8.86. The number of hydrogen-bond acceptors (Lipinski definition) is 4. The second-order valence-corrected chi connectivity index (χ2v) is 7.53. The van der Waals surface area contributed by atoms with Crippen LogP contribution in [-0.2, 0) is 18.4 Å². The van der Waals surface area contributed by atoms with E-state index in [-0.39, 0.29) is 11.4 Å². The van der Waals surface area contributed by atoms with Gasteiger partial charge in [0.1, 0.15) is 10.8 Å². The third-order valence-corrected chi connectivity index (χ3v) is 4.43. The quantitative estimate of drug-likeness (QED) is 0.841. The molecular formula is C18H25N3O2S. The Morgan fingerprint density at radius 2 is 1.92 bits per heavy atom. The Hall–Kier alpha value is -2.08. The molecule has 2 aromatic rings. The molecule has 0 spiro atoms. The molecule has 0 aliphatic rings. The minimum atomic E-state index is -0.170. The number of carbonyl (C=O) groups excluding carboxylic acids is 1. The van der Waals surface area contributed by atoms with Crippen LogP contribution in [0.3, 0.4) is 0 Å². The molecule has 2 rings (SSSR count). The van der Waals surface area contributed by atoms with Gasteiger partial charge < -0.3 is 15.4 Å². The molecule has 0 saturated heterocycles. The summed E-state index contributed by atoms with van der Waals surface area (Å²) in [5.41, 5.74) is 2.25. The lowest BCUT2D eigenvalue weighted by atomic mass is 9.93. The maximum atomic E-state index is 11.8. The molecule has 2 amide bonds. The van der Waals surface area contributed by atoms with Gasteiger partial charge in [0.15, 0.2) is 0 Å². The highest BCUT2D eigenvalue weighted by Crippen LogP contribution is 2.23. The molecule has 24 heavy (non-hydrogen) atoms. The van der Waals surface area contributed by atoms with Crippen LogP contribution in [0.15, 0.2) is 29.6 Å². The standard InChI is InChI=1S/C18H25N3O2S/c1-18(2,3)15-12-24-16(21-15)11-20-17(22)19-10-9-13-5-7-14(23-4)8-6-13/h5-8,12H,9-11H2,1-4H3,(H2,19,20,22). The van der Waals surface area contributed by atoms with E-state index >= 15 is 0 Å².